The number of hydrogen-bond acceptors (Lipinski definition) is 5. The van der Waals surface area contributed by atoms with Crippen molar-refractivity contribution in [1.29, 1.82) is 0 Å². The molecule has 0 aliphatic rings. The Kier molecular flexibility index (Phi) is 7.17. The van der Waals surface area contributed by atoms with Gasteiger partial charge in [0, 0.05) is 22.9 Å². The molecular weight excluding hydrogens is 406 g/mol. The van der Waals surface area contributed by atoms with Crippen LogP contribution in [0, 0.1) is 6.92 Å². The summed E-state index contributed by atoms with van der Waals surface area (Å²) >= 11 is 7.59. The third-order valence-corrected chi connectivity index (χ3v) is 5.91. The number of aryl methyl sites for hydroxylation is 1. The number of nitrogens with zero attached hydrogens (tertiary/aromatic N) is 3. The predicted molar refractivity (Wildman–Crippen MR) is 120 cm³/mol. The average Bonchev–Trinajstić information content (AvgIpc) is 3.11. The van der Waals surface area contributed by atoms with Crippen molar-refractivity contribution in [3.8, 4) is 0 Å². The van der Waals surface area contributed by atoms with Crippen molar-refractivity contribution in [2.45, 2.75) is 44.3 Å². The van der Waals surface area contributed by atoms with Gasteiger partial charge >= 0.3 is 0 Å². The van der Waals surface area contributed by atoms with Gasteiger partial charge in [-0.2, -0.15) is 0 Å². The van der Waals surface area contributed by atoms with Crippen LogP contribution in [0.1, 0.15) is 25.2 Å². The van der Waals surface area contributed by atoms with Gasteiger partial charge < -0.3 is 15.2 Å². The van der Waals surface area contributed by atoms with Gasteiger partial charge in [-0.3, -0.25) is 4.79 Å². The van der Waals surface area contributed by atoms with Gasteiger partial charge in [0.2, 0.25) is 5.91 Å². The average molecular weight is 430 g/mol. The highest BCUT2D eigenvalue weighted by Gasteiger charge is 2.19. The Morgan fingerprint density at radius 1 is 1.17 bits per heavy atom. The zero-order chi connectivity index (χ0) is 20.8. The lowest BCUT2D eigenvalue weighted by atomic mass is 10.2. The molecule has 0 spiro atoms. The largest absolute Gasteiger partial charge is 0.378 e. The molecule has 6 nitrogen and oxygen atoms in total. The number of thioether (sulfide) groups is 1. The number of para-hydroxylation sites is 1. The number of amides is 1. The first-order valence-electron chi connectivity index (χ1n) is 9.42. The zero-order valence-corrected chi connectivity index (χ0v) is 18.2. The number of carbonyl (C=O) groups is 1. The topological polar surface area (TPSA) is 71.8 Å². The normalized spacial score (nSPS) is 11.9. The molecule has 1 amide bonds. The lowest BCUT2D eigenvalue weighted by Crippen LogP contribution is -2.23. The quantitative estimate of drug-likeness (QED) is 0.493. The van der Waals surface area contributed by atoms with Gasteiger partial charge in [-0.25, -0.2) is 0 Å². The van der Waals surface area contributed by atoms with E-state index in [4.69, 9.17) is 11.6 Å². The Balaban J connectivity index is 1.63. The van der Waals surface area contributed by atoms with Crippen LogP contribution < -0.4 is 10.6 Å². The molecule has 29 heavy (non-hydrogen) atoms. The van der Waals surface area contributed by atoms with E-state index in [1.807, 2.05) is 73.9 Å². The molecule has 0 bridgehead atoms. The highest BCUT2D eigenvalue weighted by molar-refractivity contribution is 8.00. The van der Waals surface area contributed by atoms with Crippen LogP contribution in [0.3, 0.4) is 0 Å². The van der Waals surface area contributed by atoms with Crippen molar-refractivity contribution in [3.63, 3.8) is 0 Å². The molecular formula is C21H24ClN5OS. The molecule has 0 saturated carbocycles. The maximum absolute atomic E-state index is 12.5. The van der Waals surface area contributed by atoms with Gasteiger partial charge in [-0.05, 0) is 50.6 Å². The maximum atomic E-state index is 12.5. The molecule has 0 aliphatic heterocycles. The smallest absolute Gasteiger partial charge is 0.237 e. The highest BCUT2D eigenvalue weighted by atomic mass is 35.5. The van der Waals surface area contributed by atoms with E-state index in [0.29, 0.717) is 13.1 Å². The molecule has 0 saturated heterocycles. The van der Waals surface area contributed by atoms with Gasteiger partial charge in [0.05, 0.1) is 11.8 Å². The fourth-order valence-electron chi connectivity index (χ4n) is 2.72. The molecule has 2 N–H and O–H groups in total. The van der Waals surface area contributed by atoms with Crippen LogP contribution in [-0.2, 0) is 17.9 Å². The minimum atomic E-state index is -0.304. The number of hydrogen-bond donors (Lipinski definition) is 2. The summed E-state index contributed by atoms with van der Waals surface area (Å²) in [6.07, 6.45) is 0. The number of nitrogens with one attached hydrogen (secondary N) is 2. The summed E-state index contributed by atoms with van der Waals surface area (Å²) in [4.78, 5) is 12.5. The minimum absolute atomic E-state index is 0.0687. The second-order valence-corrected chi connectivity index (χ2v) is 8.29. The van der Waals surface area contributed by atoms with Crippen LogP contribution in [0.5, 0.6) is 0 Å². The van der Waals surface area contributed by atoms with Crippen LogP contribution in [0.2, 0.25) is 5.02 Å². The van der Waals surface area contributed by atoms with E-state index in [1.54, 1.807) is 0 Å². The summed E-state index contributed by atoms with van der Waals surface area (Å²) in [6.45, 7) is 7.11. The lowest BCUT2D eigenvalue weighted by Gasteiger charge is -2.13. The molecule has 1 aromatic heterocycles. The second-order valence-electron chi connectivity index (χ2n) is 6.58. The van der Waals surface area contributed by atoms with Crippen molar-refractivity contribution in [2.75, 3.05) is 10.6 Å². The highest BCUT2D eigenvalue weighted by Crippen LogP contribution is 2.24. The van der Waals surface area contributed by atoms with Crippen molar-refractivity contribution in [1.82, 2.24) is 14.8 Å². The number of anilines is 2. The Morgan fingerprint density at radius 2 is 1.93 bits per heavy atom. The lowest BCUT2D eigenvalue weighted by molar-refractivity contribution is -0.115. The Hall–Kier alpha value is -2.51. The number of aromatic nitrogens is 3. The summed E-state index contributed by atoms with van der Waals surface area (Å²) in [5.41, 5.74) is 2.75. The summed E-state index contributed by atoms with van der Waals surface area (Å²) in [5, 5.41) is 16.0. The SMILES string of the molecule is CCn1c(CNc2ccc(C)c(Cl)c2)nnc1S[C@H](C)C(=O)Nc1ccccc1. The van der Waals surface area contributed by atoms with E-state index >= 15 is 0 Å². The van der Waals surface area contributed by atoms with Crippen molar-refractivity contribution >= 4 is 40.6 Å². The maximum Gasteiger partial charge on any atom is 0.237 e. The predicted octanol–water partition coefficient (Wildman–Crippen LogP) is 4.99. The first-order chi connectivity index (χ1) is 14.0. The number of carbonyl (C=O) groups excluding carboxylic acids is 1. The fraction of sp³-hybridized carbons (Fsp3) is 0.286. The van der Waals surface area contributed by atoms with Crippen molar-refractivity contribution < 1.29 is 4.79 Å². The van der Waals surface area contributed by atoms with Gasteiger partial charge in [0.1, 0.15) is 0 Å². The molecule has 0 aliphatic carbocycles. The van der Waals surface area contributed by atoms with E-state index in [1.165, 1.54) is 11.8 Å². The molecule has 0 fully saturated rings. The summed E-state index contributed by atoms with van der Waals surface area (Å²) < 4.78 is 2.01. The fourth-order valence-corrected chi connectivity index (χ4v) is 3.83. The monoisotopic (exact) mass is 429 g/mol. The molecule has 1 heterocycles. The first kappa shape index (κ1) is 21.2. The Morgan fingerprint density at radius 3 is 2.62 bits per heavy atom. The molecule has 8 heteroatoms. The van der Waals surface area contributed by atoms with E-state index in [-0.39, 0.29) is 11.2 Å². The molecule has 3 rings (SSSR count). The van der Waals surface area contributed by atoms with Crippen LogP contribution in [0.4, 0.5) is 11.4 Å². The summed E-state index contributed by atoms with van der Waals surface area (Å²) in [6, 6.07) is 15.3. The van der Waals surface area contributed by atoms with Crippen molar-refractivity contribution in [2.24, 2.45) is 0 Å². The molecule has 2 aromatic carbocycles. The van der Waals surface area contributed by atoms with Gasteiger partial charge in [0.25, 0.3) is 0 Å². The van der Waals surface area contributed by atoms with Gasteiger partial charge in [-0.1, -0.05) is 47.6 Å². The standard InChI is InChI=1S/C21H24ClN5OS/c1-4-27-19(13-23-17-11-10-14(2)18(22)12-17)25-26-21(27)29-15(3)20(28)24-16-8-6-5-7-9-16/h5-12,15,23H,4,13H2,1-3H3,(H,24,28)/t15-/m1/s1. The number of rotatable bonds is 8. The van der Waals surface area contributed by atoms with Gasteiger partial charge in [-0.15, -0.1) is 10.2 Å². The second kappa shape index (κ2) is 9.80. The molecule has 3 aromatic rings. The third kappa shape index (κ3) is 5.52. The number of halogens is 1. The number of benzene rings is 2. The summed E-state index contributed by atoms with van der Waals surface area (Å²) in [5.74, 6) is 0.739. The van der Waals surface area contributed by atoms with Crippen LogP contribution in [-0.4, -0.2) is 25.9 Å². The van der Waals surface area contributed by atoms with Crippen LogP contribution >= 0.6 is 23.4 Å². The van der Waals surface area contributed by atoms with Crippen LogP contribution in [0.25, 0.3) is 0 Å². The minimum Gasteiger partial charge on any atom is -0.378 e. The van der Waals surface area contributed by atoms with E-state index in [0.717, 1.165) is 32.9 Å². The molecule has 1 atom stereocenters. The first-order valence-corrected chi connectivity index (χ1v) is 10.7. The van der Waals surface area contributed by atoms with E-state index < -0.39 is 0 Å². The summed E-state index contributed by atoms with van der Waals surface area (Å²) in [7, 11) is 0. The van der Waals surface area contributed by atoms with Gasteiger partial charge in [0.15, 0.2) is 11.0 Å². The van der Waals surface area contributed by atoms with E-state index in [2.05, 4.69) is 20.8 Å². The van der Waals surface area contributed by atoms with Crippen molar-refractivity contribution in [3.05, 3.63) is 64.9 Å². The third-order valence-electron chi connectivity index (χ3n) is 4.42. The molecule has 152 valence electrons. The zero-order valence-electron chi connectivity index (χ0n) is 16.6. The Bertz CT molecular complexity index is 976. The molecule has 0 radical (unpaired) electrons. The Labute approximate surface area is 180 Å². The van der Waals surface area contributed by atoms with E-state index in [9.17, 15) is 4.79 Å². The van der Waals surface area contributed by atoms with Crippen LogP contribution in [0.15, 0.2) is 53.7 Å². The molecule has 0 unspecified atom stereocenters.